The average molecular weight is 346 g/mol. The topological polar surface area (TPSA) is 20.9 Å². The summed E-state index contributed by atoms with van der Waals surface area (Å²) in [5.41, 5.74) is 1.53. The number of Topliss-reactive ketones (excluding diaryl/α,β-unsaturated/α-hetero) is 1. The highest BCUT2D eigenvalue weighted by Gasteiger charge is 2.14. The fourth-order valence-electron chi connectivity index (χ4n) is 2.24. The Morgan fingerprint density at radius 3 is 2.38 bits per heavy atom. The largest absolute Gasteiger partial charge is 1.00 e. The molecule has 0 fully saturated rings. The van der Waals surface area contributed by atoms with Crippen LogP contribution in [0.5, 0.6) is 0 Å². The smallest absolute Gasteiger partial charge is 0.227 e. The van der Waals surface area contributed by atoms with Gasteiger partial charge in [0.1, 0.15) is 5.82 Å². The molecule has 0 aliphatic carbocycles. The van der Waals surface area contributed by atoms with Gasteiger partial charge in [0.05, 0.1) is 0 Å². The molecule has 0 unspecified atom stereocenters. The number of para-hydroxylation sites is 1. The molecule has 0 N–H and O–H groups in total. The third kappa shape index (κ3) is 3.34. The van der Waals surface area contributed by atoms with Crippen LogP contribution in [0, 0.1) is 5.82 Å². The molecular formula is C17H13BrFNO. The minimum absolute atomic E-state index is 0. The summed E-state index contributed by atoms with van der Waals surface area (Å²) in [4.78, 5) is 12.2. The summed E-state index contributed by atoms with van der Waals surface area (Å²) >= 11 is 0. The van der Waals surface area contributed by atoms with Crippen LogP contribution in [-0.2, 0) is 6.54 Å². The molecule has 0 bridgehead atoms. The van der Waals surface area contributed by atoms with E-state index in [0.29, 0.717) is 5.56 Å². The normalized spacial score (nSPS) is 10.1. The van der Waals surface area contributed by atoms with E-state index in [4.69, 9.17) is 0 Å². The molecule has 0 spiro atoms. The molecular weight excluding hydrogens is 333 g/mol. The molecule has 0 aliphatic rings. The minimum Gasteiger partial charge on any atom is -1.00 e. The molecule has 1 heterocycles. The zero-order valence-electron chi connectivity index (χ0n) is 11.2. The van der Waals surface area contributed by atoms with Crippen molar-refractivity contribution in [2.24, 2.45) is 0 Å². The van der Waals surface area contributed by atoms with Gasteiger partial charge in [0.25, 0.3) is 0 Å². The maximum absolute atomic E-state index is 12.9. The van der Waals surface area contributed by atoms with E-state index in [-0.39, 0.29) is 35.1 Å². The highest BCUT2D eigenvalue weighted by atomic mass is 79.9. The fourth-order valence-corrected chi connectivity index (χ4v) is 2.24. The van der Waals surface area contributed by atoms with Crippen LogP contribution in [0.15, 0.2) is 66.9 Å². The first-order valence-corrected chi connectivity index (χ1v) is 6.40. The van der Waals surface area contributed by atoms with Crippen molar-refractivity contribution < 1.29 is 30.7 Å². The molecule has 0 aliphatic heterocycles. The van der Waals surface area contributed by atoms with Gasteiger partial charge in [0, 0.05) is 23.1 Å². The predicted octanol–water partition coefficient (Wildman–Crippen LogP) is 0.153. The van der Waals surface area contributed by atoms with Crippen LogP contribution in [0.1, 0.15) is 10.4 Å². The van der Waals surface area contributed by atoms with Crippen LogP contribution in [-0.4, -0.2) is 5.78 Å². The van der Waals surface area contributed by atoms with Crippen molar-refractivity contribution in [3.8, 4) is 0 Å². The Hall–Kier alpha value is -2.07. The van der Waals surface area contributed by atoms with Crippen molar-refractivity contribution in [2.75, 3.05) is 0 Å². The molecule has 2 aromatic carbocycles. The van der Waals surface area contributed by atoms with Gasteiger partial charge < -0.3 is 17.0 Å². The second-order valence-electron chi connectivity index (χ2n) is 4.62. The minimum atomic E-state index is -0.334. The van der Waals surface area contributed by atoms with Crippen LogP contribution in [0.3, 0.4) is 0 Å². The number of hydrogen-bond donors (Lipinski definition) is 0. The van der Waals surface area contributed by atoms with Gasteiger partial charge in [-0.15, -0.1) is 0 Å². The first-order valence-electron chi connectivity index (χ1n) is 6.40. The number of halogens is 2. The summed E-state index contributed by atoms with van der Waals surface area (Å²) in [7, 11) is 0. The van der Waals surface area contributed by atoms with Crippen LogP contribution in [0.4, 0.5) is 4.39 Å². The molecule has 3 aromatic rings. The van der Waals surface area contributed by atoms with Crippen LogP contribution >= 0.6 is 0 Å². The maximum atomic E-state index is 12.9. The lowest BCUT2D eigenvalue weighted by Gasteiger charge is -2.01. The second-order valence-corrected chi connectivity index (χ2v) is 4.62. The number of fused-ring (bicyclic) bond motifs is 1. The van der Waals surface area contributed by atoms with Gasteiger partial charge in [0.15, 0.2) is 6.20 Å². The third-order valence-electron chi connectivity index (χ3n) is 3.27. The Morgan fingerprint density at radius 2 is 1.62 bits per heavy atom. The lowest BCUT2D eigenvalue weighted by molar-refractivity contribution is -0.657. The predicted molar refractivity (Wildman–Crippen MR) is 74.9 cm³/mol. The molecule has 1 aromatic heterocycles. The Labute approximate surface area is 132 Å². The molecule has 2 nitrogen and oxygen atoms in total. The quantitative estimate of drug-likeness (QED) is 0.489. The number of carbonyl (C=O) groups excluding carboxylic acids is 1. The summed E-state index contributed by atoms with van der Waals surface area (Å²) in [5, 5.41) is 1.09. The average Bonchev–Trinajstić information content (AvgIpc) is 2.48. The van der Waals surface area contributed by atoms with Crippen LogP contribution < -0.4 is 21.5 Å². The summed E-state index contributed by atoms with van der Waals surface area (Å²) in [6.07, 6.45) is 1.88. The van der Waals surface area contributed by atoms with Gasteiger partial charge in [0.2, 0.25) is 17.8 Å². The number of ketones is 1. The Kier molecular flexibility index (Phi) is 4.81. The number of benzene rings is 2. The number of carbonyl (C=O) groups is 1. The van der Waals surface area contributed by atoms with Crippen molar-refractivity contribution in [1.82, 2.24) is 0 Å². The number of hydrogen-bond acceptors (Lipinski definition) is 1. The summed E-state index contributed by atoms with van der Waals surface area (Å²) in [6.45, 7) is 0.243. The van der Waals surface area contributed by atoms with Gasteiger partial charge in [-0.05, 0) is 36.4 Å². The zero-order valence-corrected chi connectivity index (χ0v) is 12.8. The molecule has 106 valence electrons. The van der Waals surface area contributed by atoms with Gasteiger partial charge in [-0.25, -0.2) is 4.39 Å². The first-order chi connectivity index (χ1) is 9.74. The van der Waals surface area contributed by atoms with E-state index in [1.165, 1.54) is 24.3 Å². The highest BCUT2D eigenvalue weighted by Crippen LogP contribution is 2.09. The first kappa shape index (κ1) is 15.3. The van der Waals surface area contributed by atoms with Crippen molar-refractivity contribution in [3.63, 3.8) is 0 Å². The summed E-state index contributed by atoms with van der Waals surface area (Å²) in [5.74, 6) is -0.370. The molecule has 0 saturated carbocycles. The van der Waals surface area contributed by atoms with Gasteiger partial charge in [-0.2, -0.15) is 4.57 Å². The van der Waals surface area contributed by atoms with Gasteiger partial charge in [-0.1, -0.05) is 12.1 Å². The maximum Gasteiger partial charge on any atom is 0.227 e. The van der Waals surface area contributed by atoms with E-state index in [0.717, 1.165) is 10.9 Å². The number of pyridine rings is 1. The highest BCUT2D eigenvalue weighted by molar-refractivity contribution is 5.95. The molecule has 3 rings (SSSR count). The Bertz CT molecular complexity index is 766. The van der Waals surface area contributed by atoms with Gasteiger partial charge in [-0.3, -0.25) is 4.79 Å². The Morgan fingerprint density at radius 1 is 0.952 bits per heavy atom. The Balaban J connectivity index is 0.00000161. The second kappa shape index (κ2) is 6.59. The van der Waals surface area contributed by atoms with E-state index in [1.54, 1.807) is 0 Å². The van der Waals surface area contributed by atoms with Crippen LogP contribution in [0.25, 0.3) is 10.9 Å². The molecule has 4 heteroatoms. The SMILES string of the molecule is O=C(C[n+]1cccc2ccccc21)c1ccc(F)cc1.[Br-]. The molecule has 0 atom stereocenters. The lowest BCUT2D eigenvalue weighted by atomic mass is 10.1. The van der Waals surface area contributed by atoms with E-state index in [9.17, 15) is 9.18 Å². The van der Waals surface area contributed by atoms with Crippen molar-refractivity contribution in [1.29, 1.82) is 0 Å². The summed E-state index contributed by atoms with van der Waals surface area (Å²) < 4.78 is 14.8. The lowest BCUT2D eigenvalue weighted by Crippen LogP contribution is -3.00. The zero-order chi connectivity index (χ0) is 13.9. The number of nitrogens with zero attached hydrogens (tertiary/aromatic N) is 1. The van der Waals surface area contributed by atoms with Gasteiger partial charge >= 0.3 is 0 Å². The monoisotopic (exact) mass is 345 g/mol. The van der Waals surface area contributed by atoms with Crippen molar-refractivity contribution in [3.05, 3.63) is 78.2 Å². The number of rotatable bonds is 3. The third-order valence-corrected chi connectivity index (χ3v) is 3.27. The van der Waals surface area contributed by atoms with E-state index in [2.05, 4.69) is 0 Å². The fraction of sp³-hybridized carbons (Fsp3) is 0.0588. The molecule has 0 amide bonds. The van der Waals surface area contributed by atoms with Crippen molar-refractivity contribution >= 4 is 16.7 Å². The molecule has 21 heavy (non-hydrogen) atoms. The number of aromatic nitrogens is 1. The van der Waals surface area contributed by atoms with Crippen molar-refractivity contribution in [2.45, 2.75) is 6.54 Å². The molecule has 0 radical (unpaired) electrons. The van der Waals surface area contributed by atoms with E-state index in [1.807, 2.05) is 47.2 Å². The van der Waals surface area contributed by atoms with Crippen LogP contribution in [0.2, 0.25) is 0 Å². The molecule has 0 saturated heterocycles. The summed E-state index contributed by atoms with van der Waals surface area (Å²) in [6, 6.07) is 17.5. The van der Waals surface area contributed by atoms with E-state index >= 15 is 0 Å². The van der Waals surface area contributed by atoms with E-state index < -0.39 is 0 Å². The standard InChI is InChI=1S/C17H13FNO.BrH/c18-15-9-7-14(8-10-15)17(20)12-19-11-3-5-13-4-1-2-6-16(13)19;/h1-11H,12H2;1H/q+1;/p-1.